The summed E-state index contributed by atoms with van der Waals surface area (Å²) in [7, 11) is 0. The van der Waals surface area contributed by atoms with E-state index in [4.69, 9.17) is 0 Å². The Hall–Kier alpha value is -2.87. The molecule has 2 heterocycles. The van der Waals surface area contributed by atoms with Gasteiger partial charge in [-0.1, -0.05) is 6.07 Å². The van der Waals surface area contributed by atoms with Gasteiger partial charge in [-0.3, -0.25) is 9.59 Å². The van der Waals surface area contributed by atoms with E-state index in [1.807, 2.05) is 17.5 Å². The van der Waals surface area contributed by atoms with Crippen molar-refractivity contribution in [1.82, 2.24) is 20.6 Å². The highest BCUT2D eigenvalue weighted by molar-refractivity contribution is 7.13. The van der Waals surface area contributed by atoms with Gasteiger partial charge in [0.25, 0.3) is 5.91 Å². The van der Waals surface area contributed by atoms with Crippen LogP contribution in [-0.4, -0.2) is 40.0 Å². The van der Waals surface area contributed by atoms with Crippen LogP contribution in [0.3, 0.4) is 0 Å². The van der Waals surface area contributed by atoms with Crippen molar-refractivity contribution in [3.63, 3.8) is 0 Å². The fourth-order valence-electron chi connectivity index (χ4n) is 2.30. The number of nitrogens with zero attached hydrogens (tertiary/aromatic N) is 1. The van der Waals surface area contributed by atoms with E-state index in [1.54, 1.807) is 0 Å². The molecule has 4 N–H and O–H groups in total. The van der Waals surface area contributed by atoms with Gasteiger partial charge in [0, 0.05) is 20.0 Å². The lowest BCUT2D eigenvalue weighted by atomic mass is 10.1. The van der Waals surface area contributed by atoms with Gasteiger partial charge in [-0.05, 0) is 23.6 Å². The summed E-state index contributed by atoms with van der Waals surface area (Å²) >= 11 is 1.51. The van der Waals surface area contributed by atoms with Crippen molar-refractivity contribution in [2.24, 2.45) is 0 Å². The van der Waals surface area contributed by atoms with Gasteiger partial charge in [0.15, 0.2) is 0 Å². The number of carbonyl (C=O) groups excluding carboxylic acids is 2. The summed E-state index contributed by atoms with van der Waals surface area (Å²) in [5.41, 5.74) is 1.20. The molecule has 0 aliphatic heterocycles. The maximum atomic E-state index is 12.4. The molecule has 2 amide bonds. The number of carbonyl (C=O) groups is 2. The average Bonchev–Trinajstić information content (AvgIpc) is 3.20. The van der Waals surface area contributed by atoms with Crippen LogP contribution in [0.25, 0.3) is 21.7 Å². The highest BCUT2D eigenvalue weighted by Crippen LogP contribution is 2.30. The number of benzene rings is 1. The number of aromatic amines is 1. The molecule has 24 heavy (non-hydrogen) atoms. The highest BCUT2D eigenvalue weighted by atomic mass is 32.1. The first-order valence-corrected chi connectivity index (χ1v) is 8.22. The normalized spacial score (nSPS) is 10.7. The molecule has 2 aromatic heterocycles. The van der Waals surface area contributed by atoms with Crippen molar-refractivity contribution in [2.45, 2.75) is 6.92 Å². The summed E-state index contributed by atoms with van der Waals surface area (Å²) in [6, 6.07) is 6.81. The van der Waals surface area contributed by atoms with E-state index in [1.165, 1.54) is 30.4 Å². The topological polar surface area (TPSA) is 107 Å². The number of amides is 2. The summed E-state index contributed by atoms with van der Waals surface area (Å²) in [5, 5.41) is 17.3. The minimum atomic E-state index is -0.311. The molecule has 7 nitrogen and oxygen atoms in total. The van der Waals surface area contributed by atoms with Crippen molar-refractivity contribution < 1.29 is 14.7 Å². The Labute approximate surface area is 141 Å². The van der Waals surface area contributed by atoms with Crippen molar-refractivity contribution in [3.05, 3.63) is 35.2 Å². The van der Waals surface area contributed by atoms with Crippen LogP contribution < -0.4 is 10.6 Å². The summed E-state index contributed by atoms with van der Waals surface area (Å²) in [4.78, 5) is 31.6. The van der Waals surface area contributed by atoms with Gasteiger partial charge >= 0.3 is 0 Å². The number of hydrogen-bond acceptors (Lipinski definition) is 5. The predicted octanol–water partition coefficient (Wildman–Crippen LogP) is 1.86. The van der Waals surface area contributed by atoms with Gasteiger partial charge in [0.1, 0.15) is 22.6 Å². The van der Waals surface area contributed by atoms with E-state index in [9.17, 15) is 14.7 Å². The van der Waals surface area contributed by atoms with Crippen LogP contribution in [0.4, 0.5) is 0 Å². The van der Waals surface area contributed by atoms with E-state index in [0.29, 0.717) is 35.5 Å². The number of phenols is 1. The number of H-pyrrole nitrogens is 1. The number of nitrogens with one attached hydrogen (secondary N) is 3. The molecule has 1 aromatic carbocycles. The van der Waals surface area contributed by atoms with Crippen LogP contribution in [0.5, 0.6) is 5.75 Å². The lowest BCUT2D eigenvalue weighted by molar-refractivity contribution is -0.118. The standard InChI is InChI=1S/C16H16N4O3S/c1-9(21)17-6-7-18-16(23)10-4-5-11(22)14-13(10)19-15(20-14)12-3-2-8-24-12/h2-5,8,22H,6-7H2,1H3,(H,17,21)(H,18,23)(H,19,20). The van der Waals surface area contributed by atoms with Gasteiger partial charge in [-0.25, -0.2) is 4.98 Å². The highest BCUT2D eigenvalue weighted by Gasteiger charge is 2.17. The molecular weight excluding hydrogens is 328 g/mol. The zero-order chi connectivity index (χ0) is 17.1. The van der Waals surface area contributed by atoms with E-state index in [0.717, 1.165) is 4.88 Å². The lowest BCUT2D eigenvalue weighted by Crippen LogP contribution is -2.33. The molecule has 0 aliphatic carbocycles. The van der Waals surface area contributed by atoms with Gasteiger partial charge < -0.3 is 20.7 Å². The largest absolute Gasteiger partial charge is 0.506 e. The number of fused-ring (bicyclic) bond motifs is 1. The third-order valence-electron chi connectivity index (χ3n) is 3.41. The van der Waals surface area contributed by atoms with Crippen LogP contribution in [0, 0.1) is 0 Å². The molecule has 0 saturated carbocycles. The first-order chi connectivity index (χ1) is 11.6. The summed E-state index contributed by atoms with van der Waals surface area (Å²) in [5.74, 6) is 0.183. The second-order valence-electron chi connectivity index (χ2n) is 5.16. The molecule has 0 spiro atoms. The minimum absolute atomic E-state index is 0.0371. The molecule has 124 valence electrons. The molecule has 0 aliphatic rings. The minimum Gasteiger partial charge on any atom is -0.506 e. The van der Waals surface area contributed by atoms with Crippen molar-refractivity contribution in [3.8, 4) is 16.5 Å². The molecule has 0 fully saturated rings. The fraction of sp³-hybridized carbons (Fsp3) is 0.188. The summed E-state index contributed by atoms with van der Waals surface area (Å²) in [6.07, 6.45) is 0. The number of hydrogen-bond donors (Lipinski definition) is 4. The third-order valence-corrected chi connectivity index (χ3v) is 4.28. The molecule has 0 unspecified atom stereocenters. The Balaban J connectivity index is 1.86. The molecule has 0 saturated heterocycles. The zero-order valence-electron chi connectivity index (χ0n) is 12.9. The van der Waals surface area contributed by atoms with E-state index in [2.05, 4.69) is 20.6 Å². The van der Waals surface area contributed by atoms with E-state index in [-0.39, 0.29) is 17.6 Å². The second kappa shape index (κ2) is 6.71. The SMILES string of the molecule is CC(=O)NCCNC(=O)c1ccc(O)c2[nH]c(-c3cccs3)nc12. The fourth-order valence-corrected chi connectivity index (χ4v) is 2.97. The summed E-state index contributed by atoms with van der Waals surface area (Å²) < 4.78 is 0. The molecule has 3 rings (SSSR count). The molecule has 0 bridgehead atoms. The van der Waals surface area contributed by atoms with Crippen LogP contribution >= 0.6 is 11.3 Å². The van der Waals surface area contributed by atoms with Crippen molar-refractivity contribution in [2.75, 3.05) is 13.1 Å². The van der Waals surface area contributed by atoms with Gasteiger partial charge in [0.05, 0.1) is 10.4 Å². The average molecular weight is 344 g/mol. The molecule has 8 heteroatoms. The Morgan fingerprint density at radius 2 is 2.04 bits per heavy atom. The Morgan fingerprint density at radius 1 is 1.25 bits per heavy atom. The van der Waals surface area contributed by atoms with Crippen LogP contribution in [-0.2, 0) is 4.79 Å². The van der Waals surface area contributed by atoms with Crippen LogP contribution in [0.15, 0.2) is 29.6 Å². The maximum absolute atomic E-state index is 12.4. The number of rotatable bonds is 5. The van der Waals surface area contributed by atoms with Gasteiger partial charge in [-0.15, -0.1) is 11.3 Å². The zero-order valence-corrected chi connectivity index (χ0v) is 13.7. The number of aromatic hydroxyl groups is 1. The third kappa shape index (κ3) is 3.23. The number of imidazole rings is 1. The maximum Gasteiger partial charge on any atom is 0.253 e. The predicted molar refractivity (Wildman–Crippen MR) is 92.1 cm³/mol. The van der Waals surface area contributed by atoms with Crippen LogP contribution in [0.1, 0.15) is 17.3 Å². The van der Waals surface area contributed by atoms with Gasteiger partial charge in [0.2, 0.25) is 5.91 Å². The van der Waals surface area contributed by atoms with Crippen molar-refractivity contribution in [1.29, 1.82) is 0 Å². The summed E-state index contributed by atoms with van der Waals surface area (Å²) in [6.45, 7) is 2.08. The molecule has 0 atom stereocenters. The van der Waals surface area contributed by atoms with E-state index < -0.39 is 0 Å². The first-order valence-electron chi connectivity index (χ1n) is 7.34. The van der Waals surface area contributed by atoms with E-state index >= 15 is 0 Å². The number of aromatic nitrogens is 2. The number of thiophene rings is 1. The molecular formula is C16H16N4O3S. The Morgan fingerprint density at radius 3 is 2.75 bits per heavy atom. The quantitative estimate of drug-likeness (QED) is 0.530. The second-order valence-corrected chi connectivity index (χ2v) is 6.11. The lowest BCUT2D eigenvalue weighted by Gasteiger charge is -2.06. The first kappa shape index (κ1) is 16.0. The smallest absolute Gasteiger partial charge is 0.253 e. The Bertz CT molecular complexity index is 886. The Kier molecular flexibility index (Phi) is 4.48. The molecule has 3 aromatic rings. The van der Waals surface area contributed by atoms with Gasteiger partial charge in [-0.2, -0.15) is 0 Å². The van der Waals surface area contributed by atoms with Crippen LogP contribution in [0.2, 0.25) is 0 Å². The molecule has 0 radical (unpaired) electrons. The number of phenolic OH excluding ortho intramolecular Hbond substituents is 1. The monoisotopic (exact) mass is 344 g/mol. The van der Waals surface area contributed by atoms with Crippen molar-refractivity contribution >= 4 is 34.2 Å².